The van der Waals surface area contributed by atoms with Crippen LogP contribution in [0.3, 0.4) is 0 Å². The van der Waals surface area contributed by atoms with Gasteiger partial charge in [0, 0.05) is 18.6 Å². The normalized spacial score (nSPS) is 25.4. The SMILES string of the molecule is CC(CNC1CC(C)(C)OC1(C)C)NC(=O)OC(C)(C)C. The number of alkyl carbamates (subject to hydrolysis) is 1. The molecule has 0 bridgehead atoms. The molecule has 21 heavy (non-hydrogen) atoms. The topological polar surface area (TPSA) is 59.6 Å². The number of hydrogen-bond donors (Lipinski definition) is 2. The summed E-state index contributed by atoms with van der Waals surface area (Å²) in [5.41, 5.74) is -0.777. The van der Waals surface area contributed by atoms with E-state index in [4.69, 9.17) is 9.47 Å². The molecule has 1 rings (SSSR count). The Kier molecular flexibility index (Phi) is 5.32. The zero-order valence-corrected chi connectivity index (χ0v) is 14.8. The summed E-state index contributed by atoms with van der Waals surface area (Å²) in [4.78, 5) is 11.7. The van der Waals surface area contributed by atoms with Gasteiger partial charge in [0.1, 0.15) is 5.60 Å². The van der Waals surface area contributed by atoms with Gasteiger partial charge in [-0.2, -0.15) is 0 Å². The second kappa shape index (κ2) is 6.13. The molecule has 2 N–H and O–H groups in total. The third-order valence-electron chi connectivity index (χ3n) is 3.51. The quantitative estimate of drug-likeness (QED) is 0.838. The van der Waals surface area contributed by atoms with Crippen molar-refractivity contribution in [2.24, 2.45) is 0 Å². The molecule has 1 amide bonds. The van der Waals surface area contributed by atoms with Gasteiger partial charge >= 0.3 is 6.09 Å². The van der Waals surface area contributed by atoms with Crippen LogP contribution in [-0.2, 0) is 9.47 Å². The first-order valence-electron chi connectivity index (χ1n) is 7.74. The molecule has 0 aliphatic carbocycles. The van der Waals surface area contributed by atoms with E-state index in [0.717, 1.165) is 6.42 Å². The van der Waals surface area contributed by atoms with Crippen LogP contribution in [0.4, 0.5) is 4.79 Å². The molecule has 1 heterocycles. The van der Waals surface area contributed by atoms with Crippen LogP contribution in [0.1, 0.15) is 61.8 Å². The molecule has 1 saturated heterocycles. The summed E-state index contributed by atoms with van der Waals surface area (Å²) in [6.45, 7) is 16.6. The number of carbonyl (C=O) groups is 1. The highest BCUT2D eigenvalue weighted by atomic mass is 16.6. The molecule has 5 heteroatoms. The van der Waals surface area contributed by atoms with Crippen LogP contribution in [0.15, 0.2) is 0 Å². The molecule has 2 atom stereocenters. The summed E-state index contributed by atoms with van der Waals surface area (Å²) in [5, 5.41) is 6.34. The van der Waals surface area contributed by atoms with Crippen molar-refractivity contribution in [3.63, 3.8) is 0 Å². The molecule has 1 aliphatic heterocycles. The zero-order valence-electron chi connectivity index (χ0n) is 14.8. The molecule has 0 saturated carbocycles. The van der Waals surface area contributed by atoms with E-state index in [1.54, 1.807) is 0 Å². The van der Waals surface area contributed by atoms with Crippen molar-refractivity contribution in [2.45, 2.75) is 90.7 Å². The van der Waals surface area contributed by atoms with Gasteiger partial charge in [-0.1, -0.05) is 0 Å². The Morgan fingerprint density at radius 2 is 1.90 bits per heavy atom. The lowest BCUT2D eigenvalue weighted by Gasteiger charge is -2.29. The van der Waals surface area contributed by atoms with Crippen molar-refractivity contribution in [1.82, 2.24) is 10.6 Å². The zero-order chi connectivity index (χ0) is 16.5. The average Bonchev–Trinajstić information content (AvgIpc) is 2.40. The number of hydrogen-bond acceptors (Lipinski definition) is 4. The fourth-order valence-electron chi connectivity index (χ4n) is 2.76. The van der Waals surface area contributed by atoms with E-state index in [1.165, 1.54) is 0 Å². The predicted octanol–water partition coefficient (Wildman–Crippen LogP) is 2.84. The smallest absolute Gasteiger partial charge is 0.407 e. The summed E-state index contributed by atoms with van der Waals surface area (Å²) in [5.74, 6) is 0. The average molecular weight is 300 g/mol. The van der Waals surface area contributed by atoms with Crippen molar-refractivity contribution in [3.8, 4) is 0 Å². The number of rotatable bonds is 4. The lowest BCUT2D eigenvalue weighted by atomic mass is 9.94. The minimum atomic E-state index is -0.470. The van der Waals surface area contributed by atoms with Gasteiger partial charge in [-0.15, -0.1) is 0 Å². The van der Waals surface area contributed by atoms with E-state index in [0.29, 0.717) is 6.54 Å². The van der Waals surface area contributed by atoms with E-state index in [1.807, 2.05) is 27.7 Å². The molecular weight excluding hydrogens is 268 g/mol. The monoisotopic (exact) mass is 300 g/mol. The Labute approximate surface area is 129 Å². The first kappa shape index (κ1) is 18.2. The first-order chi connectivity index (χ1) is 9.31. The van der Waals surface area contributed by atoms with Crippen molar-refractivity contribution in [2.75, 3.05) is 6.54 Å². The van der Waals surface area contributed by atoms with Crippen molar-refractivity contribution >= 4 is 6.09 Å². The van der Waals surface area contributed by atoms with Gasteiger partial charge in [-0.05, 0) is 61.8 Å². The van der Waals surface area contributed by atoms with Gasteiger partial charge in [0.2, 0.25) is 0 Å². The van der Waals surface area contributed by atoms with Crippen LogP contribution in [0.2, 0.25) is 0 Å². The largest absolute Gasteiger partial charge is 0.444 e. The lowest BCUT2D eigenvalue weighted by Crippen LogP contribution is -2.49. The van der Waals surface area contributed by atoms with Crippen LogP contribution in [0.25, 0.3) is 0 Å². The molecule has 5 nitrogen and oxygen atoms in total. The summed E-state index contributed by atoms with van der Waals surface area (Å²) < 4.78 is 11.3. The molecule has 2 unspecified atom stereocenters. The van der Waals surface area contributed by atoms with E-state index >= 15 is 0 Å². The first-order valence-corrected chi connectivity index (χ1v) is 7.74. The fourth-order valence-corrected chi connectivity index (χ4v) is 2.76. The molecule has 0 aromatic heterocycles. The number of amides is 1. The maximum atomic E-state index is 11.7. The Morgan fingerprint density at radius 1 is 1.33 bits per heavy atom. The third kappa shape index (κ3) is 6.22. The lowest BCUT2D eigenvalue weighted by molar-refractivity contribution is -0.0698. The second-order valence-corrected chi connectivity index (χ2v) is 8.18. The van der Waals surface area contributed by atoms with Crippen LogP contribution in [0, 0.1) is 0 Å². The van der Waals surface area contributed by atoms with Gasteiger partial charge in [0.25, 0.3) is 0 Å². The molecule has 0 aromatic rings. The number of nitrogens with one attached hydrogen (secondary N) is 2. The molecule has 0 radical (unpaired) electrons. The Hall–Kier alpha value is -0.810. The maximum absolute atomic E-state index is 11.7. The highest BCUT2D eigenvalue weighted by molar-refractivity contribution is 5.68. The highest BCUT2D eigenvalue weighted by Gasteiger charge is 2.45. The standard InChI is InChI=1S/C16H32N2O3/c1-11(18-13(19)20-14(2,3)4)10-17-12-9-15(5,6)21-16(12,7)8/h11-12,17H,9-10H2,1-8H3,(H,18,19). The molecule has 124 valence electrons. The molecular formula is C16H32N2O3. The molecule has 0 aromatic carbocycles. The van der Waals surface area contributed by atoms with Crippen molar-refractivity contribution < 1.29 is 14.3 Å². The van der Waals surface area contributed by atoms with Crippen LogP contribution in [-0.4, -0.2) is 41.5 Å². The van der Waals surface area contributed by atoms with Gasteiger partial charge in [0.05, 0.1) is 11.2 Å². The Balaban J connectivity index is 2.40. The maximum Gasteiger partial charge on any atom is 0.407 e. The van der Waals surface area contributed by atoms with Crippen molar-refractivity contribution in [3.05, 3.63) is 0 Å². The van der Waals surface area contributed by atoms with E-state index in [-0.39, 0.29) is 29.4 Å². The third-order valence-corrected chi connectivity index (χ3v) is 3.51. The second-order valence-electron chi connectivity index (χ2n) is 8.18. The van der Waals surface area contributed by atoms with Gasteiger partial charge in [-0.25, -0.2) is 4.79 Å². The van der Waals surface area contributed by atoms with E-state index in [2.05, 4.69) is 38.3 Å². The van der Waals surface area contributed by atoms with Crippen LogP contribution >= 0.6 is 0 Å². The van der Waals surface area contributed by atoms with Gasteiger partial charge in [0.15, 0.2) is 0 Å². The number of carbonyl (C=O) groups excluding carboxylic acids is 1. The molecule has 0 spiro atoms. The summed E-state index contributed by atoms with van der Waals surface area (Å²) >= 11 is 0. The minimum Gasteiger partial charge on any atom is -0.444 e. The number of ether oxygens (including phenoxy) is 2. The van der Waals surface area contributed by atoms with Crippen LogP contribution in [0.5, 0.6) is 0 Å². The summed E-state index contributed by atoms with van der Waals surface area (Å²) in [6, 6.07) is 0.273. The summed E-state index contributed by atoms with van der Waals surface area (Å²) in [6.07, 6.45) is 0.582. The van der Waals surface area contributed by atoms with Gasteiger partial charge < -0.3 is 20.1 Å². The Bertz CT molecular complexity index is 372. The fraction of sp³-hybridized carbons (Fsp3) is 0.938. The minimum absolute atomic E-state index is 0.000591. The Morgan fingerprint density at radius 3 is 2.33 bits per heavy atom. The predicted molar refractivity (Wildman–Crippen MR) is 84.5 cm³/mol. The highest BCUT2D eigenvalue weighted by Crippen LogP contribution is 2.37. The summed E-state index contributed by atoms with van der Waals surface area (Å²) in [7, 11) is 0. The molecule has 1 fully saturated rings. The van der Waals surface area contributed by atoms with E-state index < -0.39 is 5.60 Å². The van der Waals surface area contributed by atoms with Crippen molar-refractivity contribution in [1.29, 1.82) is 0 Å². The van der Waals surface area contributed by atoms with Gasteiger partial charge in [-0.3, -0.25) is 0 Å². The van der Waals surface area contributed by atoms with E-state index in [9.17, 15) is 4.79 Å². The van der Waals surface area contributed by atoms with Crippen LogP contribution < -0.4 is 10.6 Å². The molecule has 1 aliphatic rings.